The molecular weight excluding hydrogens is 364 g/mol. The lowest BCUT2D eigenvalue weighted by Gasteiger charge is -2.06. The average Bonchev–Trinajstić information content (AvgIpc) is 3.16. The Morgan fingerprint density at radius 2 is 2.00 bits per heavy atom. The van der Waals surface area contributed by atoms with Gasteiger partial charge in [-0.2, -0.15) is 0 Å². The van der Waals surface area contributed by atoms with Crippen LogP contribution in [0.1, 0.15) is 12.6 Å². The van der Waals surface area contributed by atoms with Crippen molar-refractivity contribution in [3.05, 3.63) is 70.8 Å². The summed E-state index contributed by atoms with van der Waals surface area (Å²) in [7, 11) is 0. The fourth-order valence-corrected chi connectivity index (χ4v) is 3.27. The number of thioether (sulfide) groups is 1. The molecule has 0 saturated heterocycles. The number of hydrogen-bond donors (Lipinski definition) is 0. The van der Waals surface area contributed by atoms with E-state index in [1.807, 2.05) is 37.3 Å². The minimum atomic E-state index is -0.118. The molecule has 0 bridgehead atoms. The highest BCUT2D eigenvalue weighted by molar-refractivity contribution is 7.98. The van der Waals surface area contributed by atoms with Crippen LogP contribution in [0.25, 0.3) is 17.1 Å². The van der Waals surface area contributed by atoms with E-state index in [-0.39, 0.29) is 5.56 Å². The van der Waals surface area contributed by atoms with Gasteiger partial charge < -0.3 is 9.15 Å². The van der Waals surface area contributed by atoms with Gasteiger partial charge in [-0.1, -0.05) is 30.0 Å². The molecule has 0 unspecified atom stereocenters. The number of rotatable bonds is 6. The first-order valence-corrected chi connectivity index (χ1v) is 9.39. The first-order chi connectivity index (χ1) is 13.2. The summed E-state index contributed by atoms with van der Waals surface area (Å²) in [4.78, 5) is 16.6. The third-order valence-corrected chi connectivity index (χ3v) is 4.64. The molecule has 0 N–H and O–H groups in total. The second kappa shape index (κ2) is 7.63. The Hall–Kier alpha value is -3.13. The summed E-state index contributed by atoms with van der Waals surface area (Å²) in [6.45, 7) is 2.47. The number of nitrogens with zero attached hydrogens (tertiary/aromatic N) is 4. The van der Waals surface area contributed by atoms with E-state index in [2.05, 4.69) is 15.2 Å². The zero-order chi connectivity index (χ0) is 18.6. The third kappa shape index (κ3) is 3.70. The van der Waals surface area contributed by atoms with Gasteiger partial charge in [0.15, 0.2) is 0 Å². The lowest BCUT2D eigenvalue weighted by Crippen LogP contribution is -2.14. The normalized spacial score (nSPS) is 11.0. The summed E-state index contributed by atoms with van der Waals surface area (Å²) in [5.41, 5.74) is 1.90. The Bertz CT molecular complexity index is 1140. The quantitative estimate of drug-likeness (QED) is 0.474. The highest BCUT2D eigenvalue weighted by Crippen LogP contribution is 2.31. The van der Waals surface area contributed by atoms with Gasteiger partial charge in [-0.15, -0.1) is 10.2 Å². The molecule has 4 rings (SSSR count). The van der Waals surface area contributed by atoms with Crippen molar-refractivity contribution < 1.29 is 9.15 Å². The van der Waals surface area contributed by atoms with Gasteiger partial charge in [0.25, 0.3) is 16.7 Å². The summed E-state index contributed by atoms with van der Waals surface area (Å²) in [6, 6.07) is 14.5. The fraction of sp³-hybridized carbons (Fsp3) is 0.158. The van der Waals surface area contributed by atoms with Crippen LogP contribution in [-0.2, 0) is 5.75 Å². The molecule has 1 aromatic carbocycles. The molecule has 3 heterocycles. The van der Waals surface area contributed by atoms with Crippen LogP contribution < -0.4 is 10.3 Å². The Kier molecular flexibility index (Phi) is 4.88. The monoisotopic (exact) mass is 380 g/mol. The van der Waals surface area contributed by atoms with E-state index in [9.17, 15) is 4.79 Å². The minimum Gasteiger partial charge on any atom is -0.493 e. The summed E-state index contributed by atoms with van der Waals surface area (Å²) in [6.07, 6.45) is 1.70. The molecule has 0 aliphatic heterocycles. The molecule has 0 spiro atoms. The topological polar surface area (TPSA) is 82.5 Å². The van der Waals surface area contributed by atoms with E-state index >= 15 is 0 Å². The Labute approximate surface area is 159 Å². The van der Waals surface area contributed by atoms with Crippen LogP contribution in [0.4, 0.5) is 0 Å². The maximum Gasteiger partial charge on any atom is 0.277 e. The highest BCUT2D eigenvalue weighted by Gasteiger charge is 2.14. The van der Waals surface area contributed by atoms with Gasteiger partial charge in [0.05, 0.1) is 17.9 Å². The SMILES string of the molecule is CCOc1ccccc1-c1nnc(SCc2cc(=O)n3ccccc3n2)o1. The third-order valence-electron chi connectivity index (χ3n) is 3.79. The zero-order valence-electron chi connectivity index (χ0n) is 14.5. The van der Waals surface area contributed by atoms with Crippen molar-refractivity contribution >= 4 is 17.4 Å². The Morgan fingerprint density at radius 1 is 1.15 bits per heavy atom. The number of ether oxygens (including phenoxy) is 1. The van der Waals surface area contributed by atoms with Gasteiger partial charge in [-0.05, 0) is 31.2 Å². The molecule has 7 nitrogen and oxygen atoms in total. The van der Waals surface area contributed by atoms with Gasteiger partial charge >= 0.3 is 0 Å². The fourth-order valence-electron chi connectivity index (χ4n) is 2.61. The number of para-hydroxylation sites is 1. The second-order valence-electron chi connectivity index (χ2n) is 5.61. The molecule has 8 heteroatoms. The number of pyridine rings is 1. The predicted octanol–water partition coefficient (Wildman–Crippen LogP) is 3.44. The van der Waals surface area contributed by atoms with Crippen LogP contribution in [0.3, 0.4) is 0 Å². The van der Waals surface area contributed by atoms with Crippen LogP contribution in [0.2, 0.25) is 0 Å². The van der Waals surface area contributed by atoms with Crippen molar-refractivity contribution in [1.82, 2.24) is 19.6 Å². The summed E-state index contributed by atoms with van der Waals surface area (Å²) >= 11 is 1.33. The molecule has 27 heavy (non-hydrogen) atoms. The predicted molar refractivity (Wildman–Crippen MR) is 102 cm³/mol. The Morgan fingerprint density at radius 3 is 2.89 bits per heavy atom. The minimum absolute atomic E-state index is 0.118. The first kappa shape index (κ1) is 17.3. The molecule has 0 fully saturated rings. The van der Waals surface area contributed by atoms with Crippen LogP contribution in [0, 0.1) is 0 Å². The molecule has 4 aromatic rings. The first-order valence-electron chi connectivity index (χ1n) is 8.40. The summed E-state index contributed by atoms with van der Waals surface area (Å²) in [5.74, 6) is 1.55. The van der Waals surface area contributed by atoms with E-state index in [1.54, 1.807) is 18.3 Å². The number of benzene rings is 1. The number of aromatic nitrogens is 4. The summed E-state index contributed by atoms with van der Waals surface area (Å²) in [5, 5.41) is 8.59. The van der Waals surface area contributed by atoms with Crippen molar-refractivity contribution in [1.29, 1.82) is 0 Å². The van der Waals surface area contributed by atoms with Gasteiger partial charge in [0, 0.05) is 18.0 Å². The number of fused-ring (bicyclic) bond motifs is 1. The molecule has 3 aromatic heterocycles. The van der Waals surface area contributed by atoms with Crippen LogP contribution in [0.15, 0.2) is 69.2 Å². The Balaban J connectivity index is 1.53. The standard InChI is InChI=1S/C19H16N4O3S/c1-2-25-15-8-4-3-7-14(15)18-21-22-19(26-18)27-12-13-11-17(24)23-10-6-5-9-16(23)20-13/h3-11H,2,12H2,1H3. The molecule has 0 atom stereocenters. The van der Waals surface area contributed by atoms with Crippen molar-refractivity contribution in [3.63, 3.8) is 0 Å². The average molecular weight is 380 g/mol. The van der Waals surface area contributed by atoms with Gasteiger partial charge in [0.1, 0.15) is 11.4 Å². The highest BCUT2D eigenvalue weighted by atomic mass is 32.2. The van der Waals surface area contributed by atoms with Gasteiger partial charge in [-0.3, -0.25) is 9.20 Å². The van der Waals surface area contributed by atoms with Crippen molar-refractivity contribution in [3.8, 4) is 17.2 Å². The lowest BCUT2D eigenvalue weighted by molar-refractivity contribution is 0.340. The smallest absolute Gasteiger partial charge is 0.277 e. The lowest BCUT2D eigenvalue weighted by atomic mass is 10.2. The van der Waals surface area contributed by atoms with Crippen LogP contribution >= 0.6 is 11.8 Å². The zero-order valence-corrected chi connectivity index (χ0v) is 15.3. The molecular formula is C19H16N4O3S. The largest absolute Gasteiger partial charge is 0.493 e. The van der Waals surface area contributed by atoms with Gasteiger partial charge in [0.2, 0.25) is 0 Å². The van der Waals surface area contributed by atoms with E-state index in [1.165, 1.54) is 22.2 Å². The van der Waals surface area contributed by atoms with Crippen molar-refractivity contribution in [2.24, 2.45) is 0 Å². The van der Waals surface area contributed by atoms with Crippen LogP contribution in [0.5, 0.6) is 5.75 Å². The number of hydrogen-bond acceptors (Lipinski definition) is 7. The summed E-state index contributed by atoms with van der Waals surface area (Å²) < 4.78 is 12.9. The van der Waals surface area contributed by atoms with E-state index in [0.29, 0.717) is 40.6 Å². The van der Waals surface area contributed by atoms with Crippen LogP contribution in [-0.4, -0.2) is 26.2 Å². The molecule has 0 aliphatic rings. The van der Waals surface area contributed by atoms with Crippen molar-refractivity contribution in [2.45, 2.75) is 17.9 Å². The maximum atomic E-state index is 12.1. The van der Waals surface area contributed by atoms with E-state index in [0.717, 1.165) is 5.56 Å². The molecule has 0 radical (unpaired) electrons. The molecule has 136 valence electrons. The molecule has 0 aliphatic carbocycles. The van der Waals surface area contributed by atoms with E-state index < -0.39 is 0 Å². The maximum absolute atomic E-state index is 12.1. The molecule has 0 saturated carbocycles. The van der Waals surface area contributed by atoms with E-state index in [4.69, 9.17) is 9.15 Å². The second-order valence-corrected chi connectivity index (χ2v) is 6.53. The van der Waals surface area contributed by atoms with Gasteiger partial charge in [-0.25, -0.2) is 4.98 Å². The molecule has 0 amide bonds. The van der Waals surface area contributed by atoms with Crippen molar-refractivity contribution in [2.75, 3.05) is 6.61 Å².